The molecule has 6 heteroatoms. The molecule has 0 aromatic heterocycles. The number of anilines is 1. The van der Waals surface area contributed by atoms with Crippen LogP contribution in [0.25, 0.3) is 0 Å². The highest BCUT2D eigenvalue weighted by Gasteiger charge is 2.27. The standard InChI is InChI=1S/C27H36FN3O2/c1-3-15-31-16-13-22(17-21-9-11-24(28)12-10-21)18-26(31)8-5-14-29-27(33)30-25-7-4-6-23(19-25)20(2)32/h4,6-7,9-12,19,22,26H,3,5,8,13-18H2,1-2H3,(H2,29,30,33)/t22-,26-/m0/s1. The third kappa shape index (κ3) is 7.97. The summed E-state index contributed by atoms with van der Waals surface area (Å²) in [5.74, 6) is 0.400. The Bertz CT molecular complexity index is 916. The van der Waals surface area contributed by atoms with E-state index in [0.29, 0.717) is 29.8 Å². The molecule has 0 aliphatic carbocycles. The summed E-state index contributed by atoms with van der Waals surface area (Å²) in [7, 11) is 0. The second kappa shape index (κ2) is 12.5. The molecule has 178 valence electrons. The zero-order chi connectivity index (χ0) is 23.6. The number of piperidine rings is 1. The van der Waals surface area contributed by atoms with Gasteiger partial charge in [0.2, 0.25) is 0 Å². The second-order valence-corrected chi connectivity index (χ2v) is 9.07. The van der Waals surface area contributed by atoms with Crippen molar-refractivity contribution in [1.82, 2.24) is 10.2 Å². The van der Waals surface area contributed by atoms with E-state index in [2.05, 4.69) is 22.5 Å². The number of rotatable bonds is 10. The number of likely N-dealkylation sites (tertiary alicyclic amines) is 1. The van der Waals surface area contributed by atoms with Crippen LogP contribution in [0.4, 0.5) is 14.9 Å². The molecule has 2 aromatic rings. The van der Waals surface area contributed by atoms with Gasteiger partial charge in [0.1, 0.15) is 5.82 Å². The van der Waals surface area contributed by atoms with Crippen molar-refractivity contribution >= 4 is 17.5 Å². The van der Waals surface area contributed by atoms with Gasteiger partial charge in [-0.2, -0.15) is 0 Å². The molecule has 1 saturated heterocycles. The minimum Gasteiger partial charge on any atom is -0.338 e. The minimum atomic E-state index is -0.251. The lowest BCUT2D eigenvalue weighted by molar-refractivity contribution is 0.101. The number of benzene rings is 2. The Labute approximate surface area is 196 Å². The van der Waals surface area contributed by atoms with Crippen LogP contribution in [0.15, 0.2) is 48.5 Å². The Morgan fingerprint density at radius 2 is 1.94 bits per heavy atom. The first kappa shape index (κ1) is 24.9. The van der Waals surface area contributed by atoms with Gasteiger partial charge in [0.25, 0.3) is 0 Å². The van der Waals surface area contributed by atoms with Crippen molar-refractivity contribution in [2.45, 2.75) is 58.4 Å². The van der Waals surface area contributed by atoms with Crippen LogP contribution in [0.2, 0.25) is 0 Å². The monoisotopic (exact) mass is 453 g/mol. The molecule has 2 amide bonds. The van der Waals surface area contributed by atoms with Gasteiger partial charge < -0.3 is 15.5 Å². The highest BCUT2D eigenvalue weighted by atomic mass is 19.1. The van der Waals surface area contributed by atoms with Crippen molar-refractivity contribution in [3.8, 4) is 0 Å². The minimum absolute atomic E-state index is 0.0269. The van der Waals surface area contributed by atoms with Crippen LogP contribution in [-0.2, 0) is 6.42 Å². The summed E-state index contributed by atoms with van der Waals surface area (Å²) in [6.45, 7) is 6.54. The Morgan fingerprint density at radius 1 is 1.15 bits per heavy atom. The molecule has 2 N–H and O–H groups in total. The highest BCUT2D eigenvalue weighted by molar-refractivity contribution is 5.96. The van der Waals surface area contributed by atoms with E-state index in [-0.39, 0.29) is 17.6 Å². The number of amides is 2. The molecule has 0 radical (unpaired) electrons. The number of urea groups is 1. The Morgan fingerprint density at radius 3 is 2.67 bits per heavy atom. The predicted molar refractivity (Wildman–Crippen MR) is 131 cm³/mol. The van der Waals surface area contributed by atoms with Crippen LogP contribution in [0, 0.1) is 11.7 Å². The van der Waals surface area contributed by atoms with Gasteiger partial charge in [-0.3, -0.25) is 4.79 Å². The smallest absolute Gasteiger partial charge is 0.319 e. The van der Waals surface area contributed by atoms with Crippen LogP contribution in [0.1, 0.15) is 61.9 Å². The van der Waals surface area contributed by atoms with Gasteiger partial charge in [0.15, 0.2) is 5.78 Å². The van der Waals surface area contributed by atoms with Gasteiger partial charge in [0.05, 0.1) is 0 Å². The quantitative estimate of drug-likeness (QED) is 0.360. The number of hydrogen-bond acceptors (Lipinski definition) is 3. The number of nitrogens with one attached hydrogen (secondary N) is 2. The fourth-order valence-electron chi connectivity index (χ4n) is 4.73. The molecule has 1 aliphatic rings. The van der Waals surface area contributed by atoms with E-state index in [1.165, 1.54) is 18.9 Å². The van der Waals surface area contributed by atoms with E-state index in [1.807, 2.05) is 12.1 Å². The lowest BCUT2D eigenvalue weighted by Gasteiger charge is -2.40. The first-order valence-electron chi connectivity index (χ1n) is 12.1. The molecule has 1 heterocycles. The van der Waals surface area contributed by atoms with Gasteiger partial charge in [0, 0.05) is 23.8 Å². The highest BCUT2D eigenvalue weighted by Crippen LogP contribution is 2.28. The van der Waals surface area contributed by atoms with Crippen LogP contribution < -0.4 is 10.6 Å². The van der Waals surface area contributed by atoms with Gasteiger partial charge in [-0.25, -0.2) is 9.18 Å². The Balaban J connectivity index is 1.45. The number of nitrogens with zero attached hydrogens (tertiary/aromatic N) is 1. The molecule has 5 nitrogen and oxygen atoms in total. The van der Waals surface area contributed by atoms with E-state index < -0.39 is 0 Å². The SMILES string of the molecule is CCCN1CC[C@@H](Cc2ccc(F)cc2)C[C@@H]1CCCNC(=O)Nc1cccc(C(C)=O)c1. The maximum Gasteiger partial charge on any atom is 0.319 e. The maximum absolute atomic E-state index is 13.2. The first-order chi connectivity index (χ1) is 15.9. The molecule has 3 rings (SSSR count). The summed E-state index contributed by atoms with van der Waals surface area (Å²) >= 11 is 0. The zero-order valence-corrected chi connectivity index (χ0v) is 19.8. The number of hydrogen-bond donors (Lipinski definition) is 2. The van der Waals surface area contributed by atoms with Crippen LogP contribution >= 0.6 is 0 Å². The summed E-state index contributed by atoms with van der Waals surface area (Å²) in [4.78, 5) is 26.3. The number of Topliss-reactive ketones (excluding diaryl/α,β-unsaturated/α-hetero) is 1. The average Bonchev–Trinajstić information content (AvgIpc) is 2.80. The molecule has 0 saturated carbocycles. The fourth-order valence-corrected chi connectivity index (χ4v) is 4.73. The number of carbonyl (C=O) groups is 2. The summed E-state index contributed by atoms with van der Waals surface area (Å²) in [6.07, 6.45) is 6.40. The van der Waals surface area contributed by atoms with E-state index in [9.17, 15) is 14.0 Å². The molecule has 2 aromatic carbocycles. The van der Waals surface area contributed by atoms with Crippen molar-refractivity contribution in [1.29, 1.82) is 0 Å². The molecule has 33 heavy (non-hydrogen) atoms. The van der Waals surface area contributed by atoms with Crippen LogP contribution in [0.3, 0.4) is 0 Å². The van der Waals surface area contributed by atoms with Crippen LogP contribution in [-0.4, -0.2) is 42.4 Å². The molecular weight excluding hydrogens is 417 g/mol. The number of carbonyl (C=O) groups excluding carboxylic acids is 2. The summed E-state index contributed by atoms with van der Waals surface area (Å²) in [5.41, 5.74) is 2.40. The first-order valence-corrected chi connectivity index (χ1v) is 12.1. The largest absolute Gasteiger partial charge is 0.338 e. The van der Waals surface area contributed by atoms with Crippen molar-refractivity contribution in [3.05, 3.63) is 65.5 Å². The third-order valence-corrected chi connectivity index (χ3v) is 6.42. The molecule has 0 unspecified atom stereocenters. The summed E-state index contributed by atoms with van der Waals surface area (Å²) < 4.78 is 13.2. The lowest BCUT2D eigenvalue weighted by atomic mass is 9.84. The van der Waals surface area contributed by atoms with Gasteiger partial charge >= 0.3 is 6.03 Å². The normalized spacial score (nSPS) is 18.6. The Kier molecular flexibility index (Phi) is 9.43. The molecule has 0 bridgehead atoms. The summed E-state index contributed by atoms with van der Waals surface area (Å²) in [6, 6.07) is 14.1. The number of ketones is 1. The van der Waals surface area contributed by atoms with Crippen molar-refractivity contribution in [2.24, 2.45) is 5.92 Å². The van der Waals surface area contributed by atoms with Crippen molar-refractivity contribution in [2.75, 3.05) is 25.0 Å². The number of halogens is 1. The van der Waals surface area contributed by atoms with Gasteiger partial charge in [-0.05, 0) is 94.3 Å². The van der Waals surface area contributed by atoms with E-state index in [0.717, 1.165) is 45.2 Å². The second-order valence-electron chi connectivity index (χ2n) is 9.07. The molecular formula is C27H36FN3O2. The molecule has 2 atom stereocenters. The fraction of sp³-hybridized carbons (Fsp3) is 0.481. The van der Waals surface area contributed by atoms with Crippen LogP contribution in [0.5, 0.6) is 0 Å². The van der Waals surface area contributed by atoms with Crippen molar-refractivity contribution in [3.63, 3.8) is 0 Å². The molecule has 1 fully saturated rings. The summed E-state index contributed by atoms with van der Waals surface area (Å²) in [5, 5.41) is 5.74. The lowest BCUT2D eigenvalue weighted by Crippen LogP contribution is -2.43. The van der Waals surface area contributed by atoms with Gasteiger partial charge in [-0.15, -0.1) is 0 Å². The van der Waals surface area contributed by atoms with Gasteiger partial charge in [-0.1, -0.05) is 31.2 Å². The Hall–Kier alpha value is -2.73. The van der Waals surface area contributed by atoms with E-state index in [1.54, 1.807) is 36.4 Å². The van der Waals surface area contributed by atoms with Crippen molar-refractivity contribution < 1.29 is 14.0 Å². The third-order valence-electron chi connectivity index (χ3n) is 6.42. The molecule has 0 spiro atoms. The molecule has 1 aliphatic heterocycles. The average molecular weight is 454 g/mol. The van der Waals surface area contributed by atoms with E-state index in [4.69, 9.17) is 0 Å². The topological polar surface area (TPSA) is 61.4 Å². The zero-order valence-electron chi connectivity index (χ0n) is 19.8. The van der Waals surface area contributed by atoms with E-state index >= 15 is 0 Å². The maximum atomic E-state index is 13.2. The predicted octanol–water partition coefficient (Wildman–Crippen LogP) is 5.66.